The van der Waals surface area contributed by atoms with Crippen LogP contribution in [0.3, 0.4) is 0 Å². The Labute approximate surface area is 269 Å². The molecule has 0 aliphatic rings. The lowest BCUT2D eigenvalue weighted by atomic mass is 9.99. The summed E-state index contributed by atoms with van der Waals surface area (Å²) in [7, 11) is 0. The van der Waals surface area contributed by atoms with Gasteiger partial charge in [0.15, 0.2) is 0 Å². The van der Waals surface area contributed by atoms with Gasteiger partial charge in [0.2, 0.25) is 0 Å². The van der Waals surface area contributed by atoms with Crippen LogP contribution >= 0.6 is 0 Å². The molecule has 0 unspecified atom stereocenters. The third-order valence-corrected chi connectivity index (χ3v) is 8.50. The molecule has 1 heterocycles. The average Bonchev–Trinajstić information content (AvgIpc) is 3.58. The molecule has 0 saturated heterocycles. The number of fused-ring (bicyclic) bond motifs is 1. The topological polar surface area (TPSA) is 16.4 Å². The molecule has 0 aliphatic carbocycles. The highest BCUT2D eigenvalue weighted by atomic mass is 16.3. The van der Waals surface area contributed by atoms with Gasteiger partial charge >= 0.3 is 0 Å². The van der Waals surface area contributed by atoms with Crippen molar-refractivity contribution in [2.75, 3.05) is 4.90 Å². The first-order valence-corrected chi connectivity index (χ1v) is 15.6. The van der Waals surface area contributed by atoms with Gasteiger partial charge in [-0.15, -0.1) is 0 Å². The normalized spacial score (nSPS) is 11.0. The van der Waals surface area contributed by atoms with Crippen LogP contribution in [0.1, 0.15) is 0 Å². The van der Waals surface area contributed by atoms with Crippen LogP contribution in [0.5, 0.6) is 0 Å². The smallest absolute Gasteiger partial charge is 0.137 e. The molecular formula is C44H31NO. The number of benzene rings is 7. The van der Waals surface area contributed by atoms with Crippen molar-refractivity contribution < 1.29 is 4.42 Å². The lowest BCUT2D eigenvalue weighted by Gasteiger charge is -2.28. The van der Waals surface area contributed by atoms with Gasteiger partial charge < -0.3 is 9.32 Å². The van der Waals surface area contributed by atoms with E-state index in [4.69, 9.17) is 4.42 Å². The molecular weight excluding hydrogens is 558 g/mol. The number of nitrogens with zero attached hydrogens (tertiary/aromatic N) is 1. The molecule has 0 atom stereocenters. The zero-order valence-electron chi connectivity index (χ0n) is 25.3. The van der Waals surface area contributed by atoms with Gasteiger partial charge in [-0.25, -0.2) is 0 Å². The lowest BCUT2D eigenvalue weighted by Crippen LogP contribution is -2.11. The molecule has 0 aliphatic heterocycles. The predicted octanol–water partition coefficient (Wildman–Crippen LogP) is 12.6. The van der Waals surface area contributed by atoms with Crippen molar-refractivity contribution in [1.82, 2.24) is 0 Å². The number of anilines is 3. The molecule has 0 radical (unpaired) electrons. The Hall–Kier alpha value is -6.12. The maximum Gasteiger partial charge on any atom is 0.137 e. The van der Waals surface area contributed by atoms with E-state index in [0.29, 0.717) is 0 Å². The van der Waals surface area contributed by atoms with Crippen LogP contribution < -0.4 is 4.90 Å². The summed E-state index contributed by atoms with van der Waals surface area (Å²) in [4.78, 5) is 2.33. The molecule has 0 bridgehead atoms. The molecule has 1 aromatic heterocycles. The van der Waals surface area contributed by atoms with Gasteiger partial charge in [-0.1, -0.05) is 140 Å². The second-order valence-electron chi connectivity index (χ2n) is 11.4. The number of rotatable bonds is 7. The van der Waals surface area contributed by atoms with E-state index in [1.807, 2.05) is 18.2 Å². The fourth-order valence-electron chi connectivity index (χ4n) is 6.16. The molecule has 0 spiro atoms. The summed E-state index contributed by atoms with van der Waals surface area (Å²) in [6.45, 7) is 0. The van der Waals surface area contributed by atoms with Crippen LogP contribution in [0.25, 0.3) is 55.7 Å². The van der Waals surface area contributed by atoms with E-state index in [1.54, 1.807) is 0 Å². The third kappa shape index (κ3) is 5.38. The molecule has 8 rings (SSSR count). The second kappa shape index (κ2) is 12.1. The Balaban J connectivity index is 1.22. The standard InChI is InChI=1S/C44H31NO/c1-3-12-32(13-4-1)34-22-24-35(25-23-34)36-26-28-39(29-27-36)45(40-18-11-17-37(30-40)33-14-5-2-6-15-33)42-20-9-8-19-41(42)44-31-38-16-7-10-21-43(38)46-44/h1-31H. The molecule has 0 saturated carbocycles. The maximum absolute atomic E-state index is 6.40. The highest BCUT2D eigenvalue weighted by Crippen LogP contribution is 2.43. The van der Waals surface area contributed by atoms with E-state index in [1.165, 1.54) is 33.4 Å². The summed E-state index contributed by atoms with van der Waals surface area (Å²) < 4.78 is 6.40. The van der Waals surface area contributed by atoms with E-state index in [2.05, 4.69) is 175 Å². The first-order chi connectivity index (χ1) is 22.8. The van der Waals surface area contributed by atoms with Gasteiger partial charge in [0.25, 0.3) is 0 Å². The largest absolute Gasteiger partial charge is 0.456 e. The minimum absolute atomic E-state index is 0.844. The summed E-state index contributed by atoms with van der Waals surface area (Å²) >= 11 is 0. The quantitative estimate of drug-likeness (QED) is 0.184. The Bertz CT molecular complexity index is 2200. The zero-order chi connectivity index (χ0) is 30.7. The molecule has 0 amide bonds. The second-order valence-corrected chi connectivity index (χ2v) is 11.4. The van der Waals surface area contributed by atoms with Crippen molar-refractivity contribution in [3.8, 4) is 44.7 Å². The van der Waals surface area contributed by atoms with Crippen LogP contribution in [0.15, 0.2) is 192 Å². The van der Waals surface area contributed by atoms with E-state index in [9.17, 15) is 0 Å². The van der Waals surface area contributed by atoms with Crippen molar-refractivity contribution >= 4 is 28.0 Å². The number of hydrogen-bond donors (Lipinski definition) is 0. The molecule has 0 fully saturated rings. The first-order valence-electron chi connectivity index (χ1n) is 15.6. The number of hydrogen-bond acceptors (Lipinski definition) is 2. The highest BCUT2D eigenvalue weighted by molar-refractivity contribution is 5.91. The average molecular weight is 590 g/mol. The number of furan rings is 1. The molecule has 2 heteroatoms. The summed E-state index contributed by atoms with van der Waals surface area (Å²) in [5.74, 6) is 0.844. The fourth-order valence-corrected chi connectivity index (χ4v) is 6.16. The Morgan fingerprint density at radius 2 is 0.870 bits per heavy atom. The van der Waals surface area contributed by atoms with Crippen LogP contribution in [0.4, 0.5) is 17.1 Å². The van der Waals surface area contributed by atoms with Gasteiger partial charge in [0.1, 0.15) is 11.3 Å². The summed E-state index contributed by atoms with van der Waals surface area (Å²) in [6.07, 6.45) is 0. The third-order valence-electron chi connectivity index (χ3n) is 8.50. The minimum atomic E-state index is 0.844. The minimum Gasteiger partial charge on any atom is -0.456 e. The van der Waals surface area contributed by atoms with Gasteiger partial charge in [0, 0.05) is 22.3 Å². The Morgan fingerprint density at radius 3 is 1.54 bits per heavy atom. The van der Waals surface area contributed by atoms with Gasteiger partial charge in [-0.3, -0.25) is 0 Å². The predicted molar refractivity (Wildman–Crippen MR) is 193 cm³/mol. The van der Waals surface area contributed by atoms with Crippen molar-refractivity contribution in [2.45, 2.75) is 0 Å². The van der Waals surface area contributed by atoms with Crippen LogP contribution in [0.2, 0.25) is 0 Å². The van der Waals surface area contributed by atoms with E-state index in [-0.39, 0.29) is 0 Å². The van der Waals surface area contributed by atoms with Crippen molar-refractivity contribution in [3.05, 3.63) is 188 Å². The molecule has 218 valence electrons. The first kappa shape index (κ1) is 27.4. The van der Waals surface area contributed by atoms with Gasteiger partial charge in [-0.2, -0.15) is 0 Å². The van der Waals surface area contributed by atoms with Crippen molar-refractivity contribution in [1.29, 1.82) is 0 Å². The number of para-hydroxylation sites is 2. The molecule has 8 aromatic rings. The fraction of sp³-hybridized carbons (Fsp3) is 0. The van der Waals surface area contributed by atoms with Crippen LogP contribution in [-0.2, 0) is 0 Å². The summed E-state index contributed by atoms with van der Waals surface area (Å²) in [6, 6.07) is 66.2. The van der Waals surface area contributed by atoms with Gasteiger partial charge in [0.05, 0.1) is 5.69 Å². The zero-order valence-corrected chi connectivity index (χ0v) is 25.3. The Morgan fingerprint density at radius 1 is 0.348 bits per heavy atom. The lowest BCUT2D eigenvalue weighted by molar-refractivity contribution is 0.631. The summed E-state index contributed by atoms with van der Waals surface area (Å²) in [5, 5.41) is 1.09. The van der Waals surface area contributed by atoms with Gasteiger partial charge in [-0.05, 0) is 81.9 Å². The van der Waals surface area contributed by atoms with Crippen LogP contribution in [0, 0.1) is 0 Å². The van der Waals surface area contributed by atoms with Crippen molar-refractivity contribution in [3.63, 3.8) is 0 Å². The molecule has 7 aromatic carbocycles. The van der Waals surface area contributed by atoms with E-state index in [0.717, 1.165) is 39.4 Å². The highest BCUT2D eigenvalue weighted by Gasteiger charge is 2.19. The SMILES string of the molecule is c1ccc(-c2ccc(-c3ccc(N(c4cccc(-c5ccccc5)c4)c4ccccc4-c4cc5ccccc5o4)cc3)cc2)cc1. The maximum atomic E-state index is 6.40. The Kier molecular flexibility index (Phi) is 7.22. The molecule has 46 heavy (non-hydrogen) atoms. The van der Waals surface area contributed by atoms with E-state index >= 15 is 0 Å². The molecule has 2 nitrogen and oxygen atoms in total. The molecule has 0 N–H and O–H groups in total. The van der Waals surface area contributed by atoms with Crippen molar-refractivity contribution in [2.24, 2.45) is 0 Å². The van der Waals surface area contributed by atoms with E-state index < -0.39 is 0 Å². The van der Waals surface area contributed by atoms with Crippen LogP contribution in [-0.4, -0.2) is 0 Å². The summed E-state index contributed by atoms with van der Waals surface area (Å²) in [5.41, 5.74) is 12.3. The monoisotopic (exact) mass is 589 g/mol.